The van der Waals surface area contributed by atoms with E-state index in [-0.39, 0.29) is 18.2 Å². The van der Waals surface area contributed by atoms with E-state index in [1.54, 1.807) is 0 Å². The molecule has 2 unspecified atom stereocenters. The third-order valence-electron chi connectivity index (χ3n) is 2.98. The minimum Gasteiger partial charge on any atom is -0.387 e. The van der Waals surface area contributed by atoms with E-state index in [0.717, 1.165) is 25.0 Å². The van der Waals surface area contributed by atoms with Crippen molar-refractivity contribution in [2.24, 2.45) is 0 Å². The smallest absolute Gasteiger partial charge is 0.387 e. The number of aliphatic hydroxyl groups is 1. The van der Waals surface area contributed by atoms with Crippen molar-refractivity contribution in [2.75, 3.05) is 6.54 Å². The van der Waals surface area contributed by atoms with Crippen LogP contribution in [-0.4, -0.2) is 17.7 Å². The Morgan fingerprint density at radius 3 is 2.58 bits per heavy atom. The van der Waals surface area contributed by atoms with Gasteiger partial charge in [0.1, 0.15) is 0 Å². The molecule has 0 saturated heterocycles. The number of halogens is 3. The largest absolute Gasteiger partial charge is 0.416 e. The highest BCUT2D eigenvalue weighted by Crippen LogP contribution is 2.30. The van der Waals surface area contributed by atoms with Gasteiger partial charge in [0.2, 0.25) is 0 Å². The van der Waals surface area contributed by atoms with Crippen LogP contribution in [0.25, 0.3) is 0 Å². The third kappa shape index (κ3) is 5.20. The summed E-state index contributed by atoms with van der Waals surface area (Å²) >= 11 is 0. The van der Waals surface area contributed by atoms with Crippen molar-refractivity contribution in [3.63, 3.8) is 0 Å². The van der Waals surface area contributed by atoms with Gasteiger partial charge in [0.25, 0.3) is 0 Å². The van der Waals surface area contributed by atoms with Gasteiger partial charge < -0.3 is 10.4 Å². The molecule has 19 heavy (non-hydrogen) atoms. The van der Waals surface area contributed by atoms with Gasteiger partial charge in [-0.15, -0.1) is 0 Å². The molecular weight excluding hydrogens is 255 g/mol. The molecule has 108 valence electrons. The van der Waals surface area contributed by atoms with Crippen LogP contribution >= 0.6 is 0 Å². The van der Waals surface area contributed by atoms with E-state index < -0.39 is 17.8 Å². The second kappa shape index (κ2) is 6.91. The van der Waals surface area contributed by atoms with E-state index in [2.05, 4.69) is 12.2 Å². The molecule has 2 atom stereocenters. The number of aliphatic hydroxyl groups excluding tert-OH is 1. The van der Waals surface area contributed by atoms with Crippen molar-refractivity contribution in [2.45, 2.75) is 45.0 Å². The number of alkyl halides is 3. The molecule has 0 spiro atoms. The monoisotopic (exact) mass is 275 g/mol. The fourth-order valence-corrected chi connectivity index (χ4v) is 1.89. The number of hydrogen-bond acceptors (Lipinski definition) is 2. The maximum absolute atomic E-state index is 12.5. The summed E-state index contributed by atoms with van der Waals surface area (Å²) in [7, 11) is 0. The molecule has 0 fully saturated rings. The summed E-state index contributed by atoms with van der Waals surface area (Å²) in [5.41, 5.74) is -0.448. The SMILES string of the molecule is CCCC(C)NCC(O)c1cccc(C(F)(F)F)c1. The summed E-state index contributed by atoms with van der Waals surface area (Å²) in [5, 5.41) is 13.0. The van der Waals surface area contributed by atoms with Gasteiger partial charge in [-0.25, -0.2) is 0 Å². The molecule has 0 aliphatic heterocycles. The van der Waals surface area contributed by atoms with E-state index >= 15 is 0 Å². The highest BCUT2D eigenvalue weighted by molar-refractivity contribution is 5.27. The minimum atomic E-state index is -4.38. The number of rotatable bonds is 6. The topological polar surface area (TPSA) is 32.3 Å². The summed E-state index contributed by atoms with van der Waals surface area (Å²) in [5.74, 6) is 0. The maximum atomic E-state index is 12.5. The Bertz CT molecular complexity index is 393. The van der Waals surface area contributed by atoms with Crippen molar-refractivity contribution in [3.8, 4) is 0 Å². The average Bonchev–Trinajstić information content (AvgIpc) is 2.35. The van der Waals surface area contributed by atoms with Crippen LogP contribution in [-0.2, 0) is 6.18 Å². The first-order chi connectivity index (χ1) is 8.84. The van der Waals surface area contributed by atoms with Crippen molar-refractivity contribution in [1.29, 1.82) is 0 Å². The van der Waals surface area contributed by atoms with Crippen LogP contribution in [0.2, 0.25) is 0 Å². The zero-order chi connectivity index (χ0) is 14.5. The van der Waals surface area contributed by atoms with Gasteiger partial charge in [0.15, 0.2) is 0 Å². The van der Waals surface area contributed by atoms with E-state index in [1.165, 1.54) is 12.1 Å². The van der Waals surface area contributed by atoms with Crippen LogP contribution in [0.5, 0.6) is 0 Å². The van der Waals surface area contributed by atoms with Crippen LogP contribution in [0.1, 0.15) is 43.9 Å². The van der Waals surface area contributed by atoms with Crippen LogP contribution < -0.4 is 5.32 Å². The maximum Gasteiger partial charge on any atom is 0.416 e. The predicted molar refractivity (Wildman–Crippen MR) is 68.8 cm³/mol. The van der Waals surface area contributed by atoms with Gasteiger partial charge >= 0.3 is 6.18 Å². The summed E-state index contributed by atoms with van der Waals surface area (Å²) in [4.78, 5) is 0. The minimum absolute atomic E-state index is 0.241. The van der Waals surface area contributed by atoms with Gasteiger partial charge in [0.05, 0.1) is 11.7 Å². The Morgan fingerprint density at radius 2 is 2.00 bits per heavy atom. The predicted octanol–water partition coefficient (Wildman–Crippen LogP) is 3.52. The van der Waals surface area contributed by atoms with Crippen LogP contribution in [0.4, 0.5) is 13.2 Å². The van der Waals surface area contributed by atoms with Crippen LogP contribution in [0.15, 0.2) is 24.3 Å². The molecule has 0 amide bonds. The highest BCUT2D eigenvalue weighted by Gasteiger charge is 2.30. The van der Waals surface area contributed by atoms with E-state index in [4.69, 9.17) is 0 Å². The molecule has 1 rings (SSSR count). The molecule has 0 aliphatic carbocycles. The lowest BCUT2D eigenvalue weighted by Crippen LogP contribution is -2.30. The summed E-state index contributed by atoms with van der Waals surface area (Å²) in [6, 6.07) is 5.06. The van der Waals surface area contributed by atoms with E-state index in [0.29, 0.717) is 0 Å². The molecule has 0 heterocycles. The molecule has 5 heteroatoms. The fourth-order valence-electron chi connectivity index (χ4n) is 1.89. The van der Waals surface area contributed by atoms with Crippen molar-refractivity contribution >= 4 is 0 Å². The first-order valence-electron chi connectivity index (χ1n) is 6.43. The van der Waals surface area contributed by atoms with Crippen molar-refractivity contribution in [3.05, 3.63) is 35.4 Å². The molecule has 0 radical (unpaired) electrons. The molecule has 0 saturated carbocycles. The molecule has 1 aromatic rings. The number of nitrogens with one attached hydrogen (secondary N) is 1. The first-order valence-corrected chi connectivity index (χ1v) is 6.43. The third-order valence-corrected chi connectivity index (χ3v) is 2.98. The van der Waals surface area contributed by atoms with Crippen LogP contribution in [0.3, 0.4) is 0 Å². The quantitative estimate of drug-likeness (QED) is 0.832. The fraction of sp³-hybridized carbons (Fsp3) is 0.571. The zero-order valence-corrected chi connectivity index (χ0v) is 11.2. The van der Waals surface area contributed by atoms with Crippen LogP contribution in [0, 0.1) is 0 Å². The first kappa shape index (κ1) is 16.0. The molecule has 1 aromatic carbocycles. The molecule has 2 N–H and O–H groups in total. The highest BCUT2D eigenvalue weighted by atomic mass is 19.4. The van der Waals surface area contributed by atoms with Gasteiger partial charge in [-0.1, -0.05) is 25.5 Å². The standard InChI is InChI=1S/C14H20F3NO/c1-3-5-10(2)18-9-13(19)11-6-4-7-12(8-11)14(15,16)17/h4,6-8,10,13,18-19H,3,5,9H2,1-2H3. The molecule has 0 aromatic heterocycles. The lowest BCUT2D eigenvalue weighted by Gasteiger charge is -2.17. The average molecular weight is 275 g/mol. The molecular formula is C14H20F3NO. The lowest BCUT2D eigenvalue weighted by molar-refractivity contribution is -0.137. The van der Waals surface area contributed by atoms with Gasteiger partial charge in [-0.05, 0) is 31.0 Å². The van der Waals surface area contributed by atoms with Gasteiger partial charge in [0, 0.05) is 12.6 Å². The second-order valence-corrected chi connectivity index (χ2v) is 4.74. The summed E-state index contributed by atoms with van der Waals surface area (Å²) < 4.78 is 37.6. The van der Waals surface area contributed by atoms with Crippen molar-refractivity contribution < 1.29 is 18.3 Å². The molecule has 0 aliphatic rings. The van der Waals surface area contributed by atoms with E-state index in [9.17, 15) is 18.3 Å². The number of hydrogen-bond donors (Lipinski definition) is 2. The Kier molecular flexibility index (Phi) is 5.82. The summed E-state index contributed by atoms with van der Waals surface area (Å²) in [6.45, 7) is 4.30. The Labute approximate surface area is 111 Å². The Morgan fingerprint density at radius 1 is 1.32 bits per heavy atom. The van der Waals surface area contributed by atoms with Crippen molar-refractivity contribution in [1.82, 2.24) is 5.32 Å². The number of benzene rings is 1. The second-order valence-electron chi connectivity index (χ2n) is 4.74. The molecule has 2 nitrogen and oxygen atoms in total. The zero-order valence-electron chi connectivity index (χ0n) is 11.2. The Balaban J connectivity index is 2.64. The normalized spacial score (nSPS) is 15.3. The van der Waals surface area contributed by atoms with E-state index in [1.807, 2.05) is 6.92 Å². The Hall–Kier alpha value is -1.07. The van der Waals surface area contributed by atoms with Gasteiger partial charge in [-0.2, -0.15) is 13.2 Å². The molecule has 0 bridgehead atoms. The lowest BCUT2D eigenvalue weighted by atomic mass is 10.1. The summed E-state index contributed by atoms with van der Waals surface area (Å²) in [6.07, 6.45) is -3.32. The van der Waals surface area contributed by atoms with Gasteiger partial charge in [-0.3, -0.25) is 0 Å².